The standard InChI is InChI=1S/C18H20ClNO3/c1-3-9-22-16-6-4-5-15(11-16)20-18(21)12-23-17-8-7-14(19)10-13(17)2/h4-8,10-11H,3,9,12H2,1-2H3,(H,20,21). The van der Waals surface area contributed by atoms with Crippen LogP contribution in [0.3, 0.4) is 0 Å². The number of anilines is 1. The monoisotopic (exact) mass is 333 g/mol. The van der Waals surface area contributed by atoms with Crippen molar-refractivity contribution in [2.75, 3.05) is 18.5 Å². The van der Waals surface area contributed by atoms with Crippen LogP contribution in [0.15, 0.2) is 42.5 Å². The lowest BCUT2D eigenvalue weighted by atomic mass is 10.2. The molecule has 0 heterocycles. The number of rotatable bonds is 7. The molecule has 4 nitrogen and oxygen atoms in total. The van der Waals surface area contributed by atoms with E-state index in [-0.39, 0.29) is 12.5 Å². The third-order valence-corrected chi connectivity index (χ3v) is 3.32. The molecule has 1 N–H and O–H groups in total. The fraction of sp³-hybridized carbons (Fsp3) is 0.278. The lowest BCUT2D eigenvalue weighted by Gasteiger charge is -2.11. The summed E-state index contributed by atoms with van der Waals surface area (Å²) < 4.78 is 11.1. The Hall–Kier alpha value is -2.20. The Balaban J connectivity index is 1.89. The van der Waals surface area contributed by atoms with Gasteiger partial charge in [-0.2, -0.15) is 0 Å². The first kappa shape index (κ1) is 17.2. The molecule has 0 spiro atoms. The highest BCUT2D eigenvalue weighted by molar-refractivity contribution is 6.30. The average Bonchev–Trinajstić information content (AvgIpc) is 2.52. The van der Waals surface area contributed by atoms with Gasteiger partial charge >= 0.3 is 0 Å². The lowest BCUT2D eigenvalue weighted by Crippen LogP contribution is -2.20. The van der Waals surface area contributed by atoms with Crippen LogP contribution >= 0.6 is 11.6 Å². The molecule has 5 heteroatoms. The summed E-state index contributed by atoms with van der Waals surface area (Å²) in [5, 5.41) is 3.43. The van der Waals surface area contributed by atoms with E-state index in [4.69, 9.17) is 21.1 Å². The van der Waals surface area contributed by atoms with Crippen molar-refractivity contribution < 1.29 is 14.3 Å². The van der Waals surface area contributed by atoms with Crippen molar-refractivity contribution in [2.45, 2.75) is 20.3 Å². The maximum absolute atomic E-state index is 12.0. The topological polar surface area (TPSA) is 47.6 Å². The zero-order valence-electron chi connectivity index (χ0n) is 13.3. The number of hydrogen-bond donors (Lipinski definition) is 1. The molecule has 0 unspecified atom stereocenters. The number of nitrogens with one attached hydrogen (secondary N) is 1. The molecule has 1 amide bonds. The minimum Gasteiger partial charge on any atom is -0.494 e. The maximum atomic E-state index is 12.0. The Bertz CT molecular complexity index is 673. The molecular formula is C18H20ClNO3. The number of ether oxygens (including phenoxy) is 2. The van der Waals surface area contributed by atoms with Gasteiger partial charge in [-0.3, -0.25) is 4.79 Å². The predicted molar refractivity (Wildman–Crippen MR) is 92.5 cm³/mol. The Kier molecular flexibility index (Phi) is 6.29. The average molecular weight is 334 g/mol. The van der Waals surface area contributed by atoms with Crippen molar-refractivity contribution >= 4 is 23.2 Å². The van der Waals surface area contributed by atoms with Gasteiger partial charge in [0.15, 0.2) is 6.61 Å². The minimum atomic E-state index is -0.230. The van der Waals surface area contributed by atoms with Crippen LogP contribution in [0.2, 0.25) is 5.02 Å². The first-order chi connectivity index (χ1) is 11.1. The summed E-state index contributed by atoms with van der Waals surface area (Å²) in [7, 11) is 0. The number of amides is 1. The summed E-state index contributed by atoms with van der Waals surface area (Å²) in [6, 6.07) is 12.6. The van der Waals surface area contributed by atoms with Crippen LogP contribution in [0.4, 0.5) is 5.69 Å². The van der Waals surface area contributed by atoms with E-state index in [1.807, 2.05) is 32.0 Å². The molecule has 122 valence electrons. The summed E-state index contributed by atoms with van der Waals surface area (Å²) >= 11 is 5.89. The molecule has 0 aliphatic rings. The molecule has 0 aliphatic carbocycles. The smallest absolute Gasteiger partial charge is 0.262 e. The summed E-state index contributed by atoms with van der Waals surface area (Å²) in [6.07, 6.45) is 0.935. The second-order valence-electron chi connectivity index (χ2n) is 5.12. The highest BCUT2D eigenvalue weighted by Crippen LogP contribution is 2.22. The van der Waals surface area contributed by atoms with Gasteiger partial charge in [0, 0.05) is 16.8 Å². The SMILES string of the molecule is CCCOc1cccc(NC(=O)COc2ccc(Cl)cc2C)c1. The summed E-state index contributed by atoms with van der Waals surface area (Å²) in [5.41, 5.74) is 1.57. The molecule has 0 saturated carbocycles. The van der Waals surface area contributed by atoms with Gasteiger partial charge in [-0.25, -0.2) is 0 Å². The van der Waals surface area contributed by atoms with Gasteiger partial charge in [0.1, 0.15) is 11.5 Å². The Morgan fingerprint density at radius 2 is 2.00 bits per heavy atom. The minimum absolute atomic E-state index is 0.0669. The quantitative estimate of drug-likeness (QED) is 0.814. The summed E-state index contributed by atoms with van der Waals surface area (Å²) in [6.45, 7) is 4.51. The zero-order valence-corrected chi connectivity index (χ0v) is 14.0. The number of carbonyl (C=O) groups excluding carboxylic acids is 1. The van der Waals surface area contributed by atoms with Crippen LogP contribution in [0.25, 0.3) is 0 Å². The molecule has 0 radical (unpaired) electrons. The van der Waals surface area contributed by atoms with Crippen LogP contribution in [0, 0.1) is 6.92 Å². The van der Waals surface area contributed by atoms with Gasteiger partial charge in [-0.1, -0.05) is 24.6 Å². The van der Waals surface area contributed by atoms with Gasteiger partial charge in [-0.05, 0) is 49.2 Å². The van der Waals surface area contributed by atoms with Crippen molar-refractivity contribution in [1.82, 2.24) is 0 Å². The lowest BCUT2D eigenvalue weighted by molar-refractivity contribution is -0.118. The van der Waals surface area contributed by atoms with E-state index in [9.17, 15) is 4.79 Å². The molecule has 2 rings (SSSR count). The molecule has 2 aromatic rings. The van der Waals surface area contributed by atoms with E-state index in [0.29, 0.717) is 23.1 Å². The van der Waals surface area contributed by atoms with Gasteiger partial charge in [0.25, 0.3) is 5.91 Å². The van der Waals surface area contributed by atoms with Crippen LogP contribution in [-0.4, -0.2) is 19.1 Å². The molecule has 0 atom stereocenters. The molecule has 0 bridgehead atoms. The summed E-state index contributed by atoms with van der Waals surface area (Å²) in [5.74, 6) is 1.15. The van der Waals surface area contributed by atoms with Crippen molar-refractivity contribution in [3.8, 4) is 11.5 Å². The predicted octanol–water partition coefficient (Wildman–Crippen LogP) is 4.45. The highest BCUT2D eigenvalue weighted by atomic mass is 35.5. The van der Waals surface area contributed by atoms with Crippen molar-refractivity contribution in [3.05, 3.63) is 53.1 Å². The first-order valence-corrected chi connectivity index (χ1v) is 7.88. The van der Waals surface area contributed by atoms with Crippen molar-refractivity contribution in [1.29, 1.82) is 0 Å². The molecule has 0 aromatic heterocycles. The maximum Gasteiger partial charge on any atom is 0.262 e. The third kappa shape index (κ3) is 5.49. The number of hydrogen-bond acceptors (Lipinski definition) is 3. The van der Waals surface area contributed by atoms with Gasteiger partial charge in [-0.15, -0.1) is 0 Å². The van der Waals surface area contributed by atoms with Gasteiger partial charge in [0.05, 0.1) is 6.61 Å². The number of carbonyl (C=O) groups is 1. The Morgan fingerprint density at radius 1 is 1.17 bits per heavy atom. The van der Waals surface area contributed by atoms with E-state index < -0.39 is 0 Å². The van der Waals surface area contributed by atoms with Crippen LogP contribution < -0.4 is 14.8 Å². The molecule has 0 fully saturated rings. The number of aryl methyl sites for hydroxylation is 1. The van der Waals surface area contributed by atoms with Crippen LogP contribution in [0.1, 0.15) is 18.9 Å². The molecule has 0 saturated heterocycles. The second kappa shape index (κ2) is 8.44. The van der Waals surface area contributed by atoms with Gasteiger partial charge in [0.2, 0.25) is 0 Å². The molecular weight excluding hydrogens is 314 g/mol. The van der Waals surface area contributed by atoms with E-state index in [1.165, 1.54) is 0 Å². The fourth-order valence-corrected chi connectivity index (χ4v) is 2.23. The molecule has 0 aliphatic heterocycles. The zero-order chi connectivity index (χ0) is 16.7. The van der Waals surface area contributed by atoms with Crippen LogP contribution in [0.5, 0.6) is 11.5 Å². The van der Waals surface area contributed by atoms with Crippen LogP contribution in [-0.2, 0) is 4.79 Å². The van der Waals surface area contributed by atoms with Crippen molar-refractivity contribution in [3.63, 3.8) is 0 Å². The number of halogens is 1. The molecule has 23 heavy (non-hydrogen) atoms. The van der Waals surface area contributed by atoms with E-state index in [0.717, 1.165) is 17.7 Å². The largest absolute Gasteiger partial charge is 0.494 e. The van der Waals surface area contributed by atoms with Gasteiger partial charge < -0.3 is 14.8 Å². The normalized spacial score (nSPS) is 10.2. The van der Waals surface area contributed by atoms with E-state index in [1.54, 1.807) is 24.3 Å². The Labute approximate surface area is 141 Å². The fourth-order valence-electron chi connectivity index (χ4n) is 2.00. The highest BCUT2D eigenvalue weighted by Gasteiger charge is 2.06. The third-order valence-electron chi connectivity index (χ3n) is 3.09. The van der Waals surface area contributed by atoms with E-state index in [2.05, 4.69) is 5.32 Å². The number of benzene rings is 2. The second-order valence-corrected chi connectivity index (χ2v) is 5.56. The molecule has 2 aromatic carbocycles. The summed E-state index contributed by atoms with van der Waals surface area (Å²) in [4.78, 5) is 12.0. The Morgan fingerprint density at radius 3 is 2.74 bits per heavy atom. The van der Waals surface area contributed by atoms with Crippen molar-refractivity contribution in [2.24, 2.45) is 0 Å². The van der Waals surface area contributed by atoms with E-state index >= 15 is 0 Å². The first-order valence-electron chi connectivity index (χ1n) is 7.50.